The molecular formula is C11H21NO. The smallest absolute Gasteiger partial charge is 0.0698 e. The zero-order chi connectivity index (χ0) is 9.26. The first-order valence-corrected chi connectivity index (χ1v) is 5.75. The summed E-state index contributed by atoms with van der Waals surface area (Å²) in [7, 11) is 0. The summed E-state index contributed by atoms with van der Waals surface area (Å²) in [6, 6.07) is 0.493. The first-order chi connectivity index (χ1) is 6.33. The third kappa shape index (κ3) is 1.75. The number of hydrogen-bond donors (Lipinski definition) is 1. The lowest BCUT2D eigenvalue weighted by atomic mass is 9.77. The van der Waals surface area contributed by atoms with Gasteiger partial charge in [-0.25, -0.2) is 0 Å². The fraction of sp³-hybridized carbons (Fsp3) is 1.00. The molecule has 0 radical (unpaired) electrons. The SMILES string of the molecule is CCN1CCC[C@H]2CCC[C@@H](O)[C@@H]21. The molecule has 0 spiro atoms. The van der Waals surface area contributed by atoms with E-state index >= 15 is 0 Å². The van der Waals surface area contributed by atoms with Crippen LogP contribution in [0.5, 0.6) is 0 Å². The van der Waals surface area contributed by atoms with Crippen molar-refractivity contribution in [3.63, 3.8) is 0 Å². The highest BCUT2D eigenvalue weighted by Crippen LogP contribution is 2.35. The Kier molecular flexibility index (Phi) is 2.89. The summed E-state index contributed by atoms with van der Waals surface area (Å²) in [6.07, 6.45) is 6.24. The monoisotopic (exact) mass is 183 g/mol. The first kappa shape index (κ1) is 9.47. The van der Waals surface area contributed by atoms with Crippen molar-refractivity contribution in [3.05, 3.63) is 0 Å². The molecule has 2 heteroatoms. The standard InChI is InChI=1S/C11H21NO/c1-2-12-8-4-6-9-5-3-7-10(13)11(9)12/h9-11,13H,2-8H2,1H3/t9-,10-,11-/m1/s1. The lowest BCUT2D eigenvalue weighted by Crippen LogP contribution is -2.53. The molecule has 1 aliphatic heterocycles. The summed E-state index contributed by atoms with van der Waals surface area (Å²) < 4.78 is 0. The van der Waals surface area contributed by atoms with Gasteiger partial charge < -0.3 is 5.11 Å². The number of aliphatic hydroxyl groups is 1. The Hall–Kier alpha value is -0.0800. The Balaban J connectivity index is 2.07. The van der Waals surface area contributed by atoms with E-state index in [0.29, 0.717) is 6.04 Å². The van der Waals surface area contributed by atoms with E-state index in [1.807, 2.05) is 0 Å². The van der Waals surface area contributed by atoms with Gasteiger partial charge in [0.15, 0.2) is 0 Å². The lowest BCUT2D eigenvalue weighted by Gasteiger charge is -2.46. The van der Waals surface area contributed by atoms with Crippen LogP contribution in [-0.2, 0) is 0 Å². The summed E-state index contributed by atoms with van der Waals surface area (Å²) in [6.45, 7) is 4.52. The Morgan fingerprint density at radius 3 is 2.77 bits per heavy atom. The quantitative estimate of drug-likeness (QED) is 0.668. The fourth-order valence-corrected chi connectivity index (χ4v) is 3.18. The molecule has 0 aromatic rings. The molecule has 1 aliphatic carbocycles. The normalized spacial score (nSPS) is 41.5. The molecule has 2 nitrogen and oxygen atoms in total. The Morgan fingerprint density at radius 1 is 1.23 bits per heavy atom. The third-order valence-electron chi connectivity index (χ3n) is 3.80. The van der Waals surface area contributed by atoms with E-state index in [0.717, 1.165) is 18.9 Å². The summed E-state index contributed by atoms with van der Waals surface area (Å²) in [5.41, 5.74) is 0. The Bertz CT molecular complexity index is 163. The van der Waals surface area contributed by atoms with Gasteiger partial charge in [-0.15, -0.1) is 0 Å². The van der Waals surface area contributed by atoms with E-state index in [4.69, 9.17) is 0 Å². The molecule has 2 aliphatic rings. The van der Waals surface area contributed by atoms with Gasteiger partial charge in [0.05, 0.1) is 6.10 Å². The van der Waals surface area contributed by atoms with Crippen molar-refractivity contribution in [2.75, 3.05) is 13.1 Å². The molecule has 1 saturated heterocycles. The van der Waals surface area contributed by atoms with Gasteiger partial charge in [0.1, 0.15) is 0 Å². The summed E-state index contributed by atoms with van der Waals surface area (Å²) in [5, 5.41) is 9.96. The zero-order valence-electron chi connectivity index (χ0n) is 8.58. The van der Waals surface area contributed by atoms with E-state index < -0.39 is 0 Å². The zero-order valence-corrected chi connectivity index (χ0v) is 8.58. The van der Waals surface area contributed by atoms with E-state index in [9.17, 15) is 5.11 Å². The average molecular weight is 183 g/mol. The molecule has 0 amide bonds. The number of likely N-dealkylation sites (N-methyl/N-ethyl adjacent to an activating group) is 1. The number of likely N-dealkylation sites (tertiary alicyclic amines) is 1. The van der Waals surface area contributed by atoms with E-state index in [2.05, 4.69) is 11.8 Å². The van der Waals surface area contributed by atoms with Crippen molar-refractivity contribution < 1.29 is 5.11 Å². The molecule has 2 fully saturated rings. The van der Waals surface area contributed by atoms with Crippen LogP contribution in [-0.4, -0.2) is 35.2 Å². The van der Waals surface area contributed by atoms with Crippen molar-refractivity contribution in [3.8, 4) is 0 Å². The predicted molar refractivity (Wildman–Crippen MR) is 53.6 cm³/mol. The molecule has 1 heterocycles. The molecule has 76 valence electrons. The van der Waals surface area contributed by atoms with Gasteiger partial charge in [0, 0.05) is 6.04 Å². The number of hydrogen-bond acceptors (Lipinski definition) is 2. The summed E-state index contributed by atoms with van der Waals surface area (Å²) in [4.78, 5) is 2.48. The third-order valence-corrected chi connectivity index (χ3v) is 3.80. The van der Waals surface area contributed by atoms with Crippen LogP contribution in [0.2, 0.25) is 0 Å². The van der Waals surface area contributed by atoms with E-state index in [1.165, 1.54) is 32.2 Å². The highest BCUT2D eigenvalue weighted by atomic mass is 16.3. The van der Waals surface area contributed by atoms with Crippen LogP contribution in [0.15, 0.2) is 0 Å². The Labute approximate surface area is 80.9 Å². The van der Waals surface area contributed by atoms with Gasteiger partial charge in [0.25, 0.3) is 0 Å². The topological polar surface area (TPSA) is 23.5 Å². The van der Waals surface area contributed by atoms with Gasteiger partial charge in [-0.1, -0.05) is 13.3 Å². The van der Waals surface area contributed by atoms with Gasteiger partial charge in [-0.2, -0.15) is 0 Å². The Morgan fingerprint density at radius 2 is 2.00 bits per heavy atom. The number of fused-ring (bicyclic) bond motifs is 1. The van der Waals surface area contributed by atoms with E-state index in [1.54, 1.807) is 0 Å². The molecule has 2 rings (SSSR count). The first-order valence-electron chi connectivity index (χ1n) is 5.75. The van der Waals surface area contributed by atoms with Crippen LogP contribution >= 0.6 is 0 Å². The molecule has 0 unspecified atom stereocenters. The summed E-state index contributed by atoms with van der Waals surface area (Å²) in [5.74, 6) is 0.789. The molecule has 0 bridgehead atoms. The number of piperidine rings is 1. The molecule has 1 N–H and O–H groups in total. The summed E-state index contributed by atoms with van der Waals surface area (Å²) >= 11 is 0. The molecule has 0 aromatic carbocycles. The minimum atomic E-state index is -0.0426. The van der Waals surface area contributed by atoms with Crippen LogP contribution in [0.1, 0.15) is 39.0 Å². The van der Waals surface area contributed by atoms with Crippen molar-refractivity contribution in [2.24, 2.45) is 5.92 Å². The molecule has 0 aromatic heterocycles. The van der Waals surface area contributed by atoms with Gasteiger partial charge in [-0.3, -0.25) is 4.90 Å². The maximum Gasteiger partial charge on any atom is 0.0698 e. The maximum atomic E-state index is 9.96. The highest BCUT2D eigenvalue weighted by molar-refractivity contribution is 4.91. The largest absolute Gasteiger partial charge is 0.391 e. The van der Waals surface area contributed by atoms with E-state index in [-0.39, 0.29) is 6.10 Å². The molecule has 3 atom stereocenters. The van der Waals surface area contributed by atoms with Gasteiger partial charge >= 0.3 is 0 Å². The lowest BCUT2D eigenvalue weighted by molar-refractivity contribution is -0.0337. The number of aliphatic hydroxyl groups excluding tert-OH is 1. The van der Waals surface area contributed by atoms with Gasteiger partial charge in [0.2, 0.25) is 0 Å². The van der Waals surface area contributed by atoms with Crippen LogP contribution in [0.25, 0.3) is 0 Å². The van der Waals surface area contributed by atoms with Crippen LogP contribution in [0, 0.1) is 5.92 Å². The second kappa shape index (κ2) is 3.97. The second-order valence-electron chi connectivity index (χ2n) is 4.52. The number of rotatable bonds is 1. The highest BCUT2D eigenvalue weighted by Gasteiger charge is 2.37. The number of nitrogens with zero attached hydrogens (tertiary/aromatic N) is 1. The molecular weight excluding hydrogens is 162 g/mol. The molecule has 1 saturated carbocycles. The second-order valence-corrected chi connectivity index (χ2v) is 4.52. The average Bonchev–Trinajstić information content (AvgIpc) is 2.17. The van der Waals surface area contributed by atoms with Crippen LogP contribution < -0.4 is 0 Å². The van der Waals surface area contributed by atoms with Crippen molar-refractivity contribution in [1.29, 1.82) is 0 Å². The minimum Gasteiger partial charge on any atom is -0.391 e. The van der Waals surface area contributed by atoms with Crippen molar-refractivity contribution in [1.82, 2.24) is 4.90 Å². The predicted octanol–water partition coefficient (Wildman–Crippen LogP) is 1.63. The van der Waals surface area contributed by atoms with Crippen LogP contribution in [0.3, 0.4) is 0 Å². The molecule has 13 heavy (non-hydrogen) atoms. The van der Waals surface area contributed by atoms with Gasteiger partial charge in [-0.05, 0) is 44.7 Å². The van der Waals surface area contributed by atoms with Crippen molar-refractivity contribution >= 4 is 0 Å². The van der Waals surface area contributed by atoms with Crippen molar-refractivity contribution in [2.45, 2.75) is 51.2 Å². The van der Waals surface area contributed by atoms with Crippen LogP contribution in [0.4, 0.5) is 0 Å². The minimum absolute atomic E-state index is 0.0426. The fourth-order valence-electron chi connectivity index (χ4n) is 3.18. The maximum absolute atomic E-state index is 9.96.